The maximum Gasteiger partial charge on any atom is 0.277 e. The summed E-state index contributed by atoms with van der Waals surface area (Å²) in [6.45, 7) is 1.72. The first-order valence-corrected chi connectivity index (χ1v) is 10.9. The number of thioether (sulfide) groups is 1. The van der Waals surface area contributed by atoms with Crippen LogP contribution in [0.15, 0.2) is 88.5 Å². The van der Waals surface area contributed by atoms with Crippen molar-refractivity contribution in [2.75, 3.05) is 5.32 Å². The van der Waals surface area contributed by atoms with Crippen LogP contribution >= 0.6 is 11.8 Å². The Kier molecular flexibility index (Phi) is 6.99. The van der Waals surface area contributed by atoms with Crippen LogP contribution in [-0.2, 0) is 4.79 Å². The molecule has 1 aromatic heterocycles. The van der Waals surface area contributed by atoms with Gasteiger partial charge in [0.2, 0.25) is 5.91 Å². The van der Waals surface area contributed by atoms with Crippen LogP contribution < -0.4 is 10.1 Å². The summed E-state index contributed by atoms with van der Waals surface area (Å²) >= 11 is 1.09. The van der Waals surface area contributed by atoms with E-state index in [0.717, 1.165) is 17.3 Å². The van der Waals surface area contributed by atoms with E-state index in [9.17, 15) is 13.6 Å². The zero-order valence-electron chi connectivity index (χ0n) is 17.4. The van der Waals surface area contributed by atoms with E-state index in [2.05, 4.69) is 15.5 Å². The van der Waals surface area contributed by atoms with Crippen molar-refractivity contribution in [3.8, 4) is 5.75 Å². The predicted octanol–water partition coefficient (Wildman–Crippen LogP) is 5.96. The third kappa shape index (κ3) is 5.95. The number of hydrogen-bond donors (Lipinski definition) is 1. The van der Waals surface area contributed by atoms with E-state index in [1.165, 1.54) is 48.5 Å². The minimum atomic E-state index is -0.696. The average Bonchev–Trinajstić information content (AvgIpc) is 3.30. The number of carbonyl (C=O) groups is 1. The van der Waals surface area contributed by atoms with Crippen molar-refractivity contribution in [2.45, 2.75) is 23.5 Å². The molecule has 1 amide bonds. The molecule has 2 atom stereocenters. The maximum atomic E-state index is 13.2. The summed E-state index contributed by atoms with van der Waals surface area (Å²) in [4.78, 5) is 13.0. The molecule has 4 aromatic rings. The van der Waals surface area contributed by atoms with Crippen molar-refractivity contribution < 1.29 is 22.7 Å². The molecule has 33 heavy (non-hydrogen) atoms. The third-order valence-electron chi connectivity index (χ3n) is 4.57. The van der Waals surface area contributed by atoms with Gasteiger partial charge in [0.05, 0.1) is 0 Å². The fourth-order valence-corrected chi connectivity index (χ4v) is 3.82. The average molecular weight is 467 g/mol. The first kappa shape index (κ1) is 22.5. The SMILES string of the molecule is C[C@@H](Oc1ccc(F)cc1)c1nnc(S[C@H](C(=O)Nc2ccc(F)cc2)c2ccccc2)o1. The number of rotatable bonds is 8. The molecule has 0 saturated heterocycles. The second-order valence-electron chi connectivity index (χ2n) is 7.02. The molecule has 1 N–H and O–H groups in total. The highest BCUT2D eigenvalue weighted by molar-refractivity contribution is 8.00. The standard InChI is InChI=1S/C24H19F2N3O3S/c1-15(31-20-13-9-18(26)10-14-20)23-28-29-24(32-23)33-21(16-5-3-2-4-6-16)22(30)27-19-11-7-17(25)8-12-19/h2-15,21H,1H3,(H,27,30)/t15-,21+/m1/s1. The molecular weight excluding hydrogens is 448 g/mol. The van der Waals surface area contributed by atoms with Gasteiger partial charge < -0.3 is 14.5 Å². The Morgan fingerprint density at radius 1 is 0.939 bits per heavy atom. The van der Waals surface area contributed by atoms with E-state index in [4.69, 9.17) is 9.15 Å². The Morgan fingerprint density at radius 2 is 1.58 bits per heavy atom. The highest BCUT2D eigenvalue weighted by atomic mass is 32.2. The molecule has 1 heterocycles. The molecule has 9 heteroatoms. The second kappa shape index (κ2) is 10.3. The van der Waals surface area contributed by atoms with Crippen LogP contribution in [-0.4, -0.2) is 16.1 Å². The smallest absolute Gasteiger partial charge is 0.277 e. The van der Waals surface area contributed by atoms with Crippen molar-refractivity contribution >= 4 is 23.4 Å². The van der Waals surface area contributed by atoms with Crippen LogP contribution in [0.1, 0.15) is 29.7 Å². The van der Waals surface area contributed by atoms with E-state index in [1.807, 2.05) is 30.3 Å². The maximum absolute atomic E-state index is 13.2. The first-order chi connectivity index (χ1) is 16.0. The van der Waals surface area contributed by atoms with Gasteiger partial charge in [-0.1, -0.05) is 30.3 Å². The first-order valence-electron chi connectivity index (χ1n) is 10.0. The summed E-state index contributed by atoms with van der Waals surface area (Å²) in [7, 11) is 0. The lowest BCUT2D eigenvalue weighted by atomic mass is 10.1. The number of hydrogen-bond acceptors (Lipinski definition) is 6. The van der Waals surface area contributed by atoms with Crippen LogP contribution in [0, 0.1) is 11.6 Å². The molecule has 3 aromatic carbocycles. The number of ether oxygens (including phenoxy) is 1. The number of amides is 1. The number of benzene rings is 3. The molecule has 0 saturated carbocycles. The number of anilines is 1. The Hall–Kier alpha value is -3.72. The molecule has 0 aliphatic heterocycles. The van der Waals surface area contributed by atoms with Crippen LogP contribution in [0.5, 0.6) is 5.75 Å². The molecule has 6 nitrogen and oxygen atoms in total. The number of carbonyl (C=O) groups excluding carboxylic acids is 1. The Morgan fingerprint density at radius 3 is 2.24 bits per heavy atom. The monoisotopic (exact) mass is 467 g/mol. The van der Waals surface area contributed by atoms with Gasteiger partial charge in [-0.15, -0.1) is 10.2 Å². The molecule has 0 aliphatic rings. The van der Waals surface area contributed by atoms with Gasteiger partial charge in [-0.2, -0.15) is 0 Å². The van der Waals surface area contributed by atoms with Gasteiger partial charge in [-0.25, -0.2) is 8.78 Å². The fourth-order valence-electron chi connectivity index (χ4n) is 2.94. The molecule has 0 spiro atoms. The number of nitrogens with zero attached hydrogens (tertiary/aromatic N) is 2. The fraction of sp³-hybridized carbons (Fsp3) is 0.125. The Bertz CT molecular complexity index is 1200. The minimum absolute atomic E-state index is 0.183. The van der Waals surface area contributed by atoms with Crippen LogP contribution in [0.2, 0.25) is 0 Å². The topological polar surface area (TPSA) is 77.2 Å². The van der Waals surface area contributed by atoms with Gasteiger partial charge in [0.1, 0.15) is 22.6 Å². The second-order valence-corrected chi connectivity index (χ2v) is 8.08. The molecule has 0 radical (unpaired) electrons. The summed E-state index contributed by atoms with van der Waals surface area (Å²) < 4.78 is 37.7. The molecule has 168 valence electrons. The predicted molar refractivity (Wildman–Crippen MR) is 120 cm³/mol. The summed E-state index contributed by atoms with van der Waals surface area (Å²) in [6, 6.07) is 20.2. The quantitative estimate of drug-likeness (QED) is 0.322. The van der Waals surface area contributed by atoms with Crippen molar-refractivity contribution in [3.63, 3.8) is 0 Å². The lowest BCUT2D eigenvalue weighted by Gasteiger charge is -2.15. The molecule has 0 unspecified atom stereocenters. The van der Waals surface area contributed by atoms with Gasteiger partial charge in [-0.3, -0.25) is 4.79 Å². The Labute approximate surface area is 193 Å². The lowest BCUT2D eigenvalue weighted by Crippen LogP contribution is -2.19. The molecular formula is C24H19F2N3O3S. The number of nitrogens with one attached hydrogen (secondary N) is 1. The zero-order chi connectivity index (χ0) is 23.2. The lowest BCUT2D eigenvalue weighted by molar-refractivity contribution is -0.115. The molecule has 4 rings (SSSR count). The molecule has 0 fully saturated rings. The summed E-state index contributed by atoms with van der Waals surface area (Å²) in [5.74, 6) is -0.410. The van der Waals surface area contributed by atoms with E-state index >= 15 is 0 Å². The van der Waals surface area contributed by atoms with E-state index < -0.39 is 17.2 Å². The van der Waals surface area contributed by atoms with Gasteiger partial charge in [-0.05, 0) is 72.8 Å². The summed E-state index contributed by atoms with van der Waals surface area (Å²) in [5.41, 5.74) is 1.20. The summed E-state index contributed by atoms with van der Waals surface area (Å²) in [5, 5.41) is 10.3. The molecule has 0 bridgehead atoms. The minimum Gasteiger partial charge on any atom is -0.481 e. The van der Waals surface area contributed by atoms with Crippen LogP contribution in [0.25, 0.3) is 0 Å². The van der Waals surface area contributed by atoms with Crippen molar-refractivity contribution in [3.05, 3.63) is 102 Å². The van der Waals surface area contributed by atoms with Crippen molar-refractivity contribution in [1.82, 2.24) is 10.2 Å². The van der Waals surface area contributed by atoms with E-state index in [-0.39, 0.29) is 22.8 Å². The van der Waals surface area contributed by atoms with Gasteiger partial charge >= 0.3 is 0 Å². The van der Waals surface area contributed by atoms with Crippen LogP contribution in [0.3, 0.4) is 0 Å². The van der Waals surface area contributed by atoms with E-state index in [0.29, 0.717) is 11.4 Å². The van der Waals surface area contributed by atoms with Gasteiger partial charge in [0, 0.05) is 5.69 Å². The largest absolute Gasteiger partial charge is 0.481 e. The normalized spacial score (nSPS) is 12.7. The highest BCUT2D eigenvalue weighted by Gasteiger charge is 2.26. The zero-order valence-corrected chi connectivity index (χ0v) is 18.3. The van der Waals surface area contributed by atoms with E-state index in [1.54, 1.807) is 6.92 Å². The van der Waals surface area contributed by atoms with Gasteiger partial charge in [0.15, 0.2) is 6.10 Å². The van der Waals surface area contributed by atoms with Gasteiger partial charge in [0.25, 0.3) is 11.1 Å². The highest BCUT2D eigenvalue weighted by Crippen LogP contribution is 2.36. The third-order valence-corrected chi connectivity index (χ3v) is 5.66. The molecule has 0 aliphatic carbocycles. The van der Waals surface area contributed by atoms with Crippen LogP contribution in [0.4, 0.5) is 14.5 Å². The number of aromatic nitrogens is 2. The van der Waals surface area contributed by atoms with Crippen molar-refractivity contribution in [1.29, 1.82) is 0 Å². The summed E-state index contributed by atoms with van der Waals surface area (Å²) in [6.07, 6.45) is -0.583. The number of halogens is 2. The Balaban J connectivity index is 1.49. The van der Waals surface area contributed by atoms with Crippen molar-refractivity contribution in [2.24, 2.45) is 0 Å².